The summed E-state index contributed by atoms with van der Waals surface area (Å²) >= 11 is 0. The first-order valence-electron chi connectivity index (χ1n) is 6.29. The van der Waals surface area contributed by atoms with Crippen LogP contribution in [0.15, 0.2) is 23.3 Å². The maximum absolute atomic E-state index is 12.0. The average Bonchev–Trinajstić information content (AvgIpc) is 2.48. The summed E-state index contributed by atoms with van der Waals surface area (Å²) in [6, 6.07) is 5.18. The molecule has 0 saturated carbocycles. The zero-order valence-electron chi connectivity index (χ0n) is 10.6. The Kier molecular flexibility index (Phi) is 3.24. The van der Waals surface area contributed by atoms with Crippen LogP contribution >= 0.6 is 0 Å². The van der Waals surface area contributed by atoms with Gasteiger partial charge in [-0.25, -0.2) is 5.43 Å². The molecule has 2 aliphatic rings. The molecule has 20 heavy (non-hydrogen) atoms. The van der Waals surface area contributed by atoms with Crippen molar-refractivity contribution in [3.05, 3.63) is 18.2 Å². The molecular weight excluding hydrogens is 262 g/mol. The minimum atomic E-state index is -0.332. The molecule has 7 nitrogen and oxygen atoms in total. The monoisotopic (exact) mass is 275 g/mol. The predicted octanol–water partition coefficient (Wildman–Crippen LogP) is 0.662. The molecule has 0 radical (unpaired) electrons. The van der Waals surface area contributed by atoms with Gasteiger partial charge in [-0.1, -0.05) is 0 Å². The van der Waals surface area contributed by atoms with Gasteiger partial charge < -0.3 is 14.8 Å². The number of rotatable bonds is 2. The van der Waals surface area contributed by atoms with Crippen molar-refractivity contribution in [3.8, 4) is 11.5 Å². The Morgan fingerprint density at radius 1 is 1.20 bits per heavy atom. The van der Waals surface area contributed by atoms with E-state index < -0.39 is 0 Å². The molecule has 0 aliphatic carbocycles. The minimum Gasteiger partial charge on any atom is -0.486 e. The Balaban J connectivity index is 1.71. The van der Waals surface area contributed by atoms with Gasteiger partial charge in [0.2, 0.25) is 5.91 Å². The molecule has 2 aliphatic heterocycles. The SMILES string of the molecule is O=C1CCC(C(=O)Nc2ccc3c(c2)OCCO3)=NN1. The lowest BCUT2D eigenvalue weighted by Crippen LogP contribution is -2.32. The van der Waals surface area contributed by atoms with Crippen molar-refractivity contribution in [1.82, 2.24) is 5.43 Å². The van der Waals surface area contributed by atoms with E-state index in [1.54, 1.807) is 18.2 Å². The summed E-state index contributed by atoms with van der Waals surface area (Å²) in [5.74, 6) is 0.756. The molecule has 0 spiro atoms. The second-order valence-electron chi connectivity index (χ2n) is 4.41. The topological polar surface area (TPSA) is 89.0 Å². The summed E-state index contributed by atoms with van der Waals surface area (Å²) in [5.41, 5.74) is 3.19. The van der Waals surface area contributed by atoms with Crippen molar-refractivity contribution in [2.45, 2.75) is 12.8 Å². The first-order valence-corrected chi connectivity index (χ1v) is 6.29. The molecule has 2 amide bonds. The van der Waals surface area contributed by atoms with E-state index in [1.165, 1.54) is 0 Å². The van der Waals surface area contributed by atoms with Gasteiger partial charge in [-0.15, -0.1) is 0 Å². The third-order valence-electron chi connectivity index (χ3n) is 2.97. The van der Waals surface area contributed by atoms with Gasteiger partial charge in [0.15, 0.2) is 11.5 Å². The van der Waals surface area contributed by atoms with E-state index in [2.05, 4.69) is 15.8 Å². The van der Waals surface area contributed by atoms with Gasteiger partial charge in [-0.3, -0.25) is 9.59 Å². The Hall–Kier alpha value is -2.57. The van der Waals surface area contributed by atoms with Crippen molar-refractivity contribution < 1.29 is 19.1 Å². The van der Waals surface area contributed by atoms with Crippen LogP contribution in [-0.4, -0.2) is 30.7 Å². The number of hydrogen-bond donors (Lipinski definition) is 2. The molecule has 2 heterocycles. The van der Waals surface area contributed by atoms with Crippen LogP contribution in [-0.2, 0) is 9.59 Å². The number of benzene rings is 1. The van der Waals surface area contributed by atoms with E-state index in [4.69, 9.17) is 9.47 Å². The van der Waals surface area contributed by atoms with Gasteiger partial charge in [0.05, 0.1) is 0 Å². The second-order valence-corrected chi connectivity index (χ2v) is 4.41. The normalized spacial score (nSPS) is 17.0. The van der Waals surface area contributed by atoms with E-state index >= 15 is 0 Å². The molecule has 7 heteroatoms. The summed E-state index contributed by atoms with van der Waals surface area (Å²) in [5, 5.41) is 6.46. The first-order chi connectivity index (χ1) is 9.72. The maximum atomic E-state index is 12.0. The molecule has 2 N–H and O–H groups in total. The van der Waals surface area contributed by atoms with Crippen molar-refractivity contribution in [2.24, 2.45) is 5.10 Å². The number of carbonyl (C=O) groups is 2. The third kappa shape index (κ3) is 2.56. The Morgan fingerprint density at radius 3 is 2.75 bits per heavy atom. The number of carbonyl (C=O) groups excluding carboxylic acids is 2. The lowest BCUT2D eigenvalue weighted by molar-refractivity contribution is -0.121. The zero-order valence-corrected chi connectivity index (χ0v) is 10.6. The maximum Gasteiger partial charge on any atom is 0.271 e. The van der Waals surface area contributed by atoms with E-state index in [1.807, 2.05) is 0 Å². The fraction of sp³-hybridized carbons (Fsp3) is 0.308. The van der Waals surface area contributed by atoms with E-state index in [9.17, 15) is 9.59 Å². The van der Waals surface area contributed by atoms with Crippen LogP contribution in [0.5, 0.6) is 11.5 Å². The second kappa shape index (κ2) is 5.20. The van der Waals surface area contributed by atoms with Gasteiger partial charge in [-0.2, -0.15) is 5.10 Å². The number of hydrogen-bond acceptors (Lipinski definition) is 5. The Morgan fingerprint density at radius 2 is 2.00 bits per heavy atom. The van der Waals surface area contributed by atoms with Crippen LogP contribution in [0.2, 0.25) is 0 Å². The van der Waals surface area contributed by atoms with Crippen molar-refractivity contribution in [3.63, 3.8) is 0 Å². The lowest BCUT2D eigenvalue weighted by atomic mass is 10.1. The number of ether oxygens (including phenoxy) is 2. The van der Waals surface area contributed by atoms with E-state index in [-0.39, 0.29) is 18.2 Å². The van der Waals surface area contributed by atoms with Crippen molar-refractivity contribution >= 4 is 23.2 Å². The van der Waals surface area contributed by atoms with Gasteiger partial charge in [0.25, 0.3) is 5.91 Å². The highest BCUT2D eigenvalue weighted by molar-refractivity contribution is 6.43. The molecule has 0 atom stereocenters. The quantitative estimate of drug-likeness (QED) is 0.830. The fourth-order valence-electron chi connectivity index (χ4n) is 1.96. The van der Waals surface area contributed by atoms with Crippen molar-refractivity contribution in [2.75, 3.05) is 18.5 Å². The standard InChI is InChI=1S/C13H13N3O4/c17-12-4-2-9(15-16-12)13(18)14-8-1-3-10-11(7-8)20-6-5-19-10/h1,3,7H,2,4-6H2,(H,14,18)(H,16,17). The molecule has 104 valence electrons. The highest BCUT2D eigenvalue weighted by Gasteiger charge is 2.19. The smallest absolute Gasteiger partial charge is 0.271 e. The van der Waals surface area contributed by atoms with Gasteiger partial charge in [0, 0.05) is 24.6 Å². The minimum absolute atomic E-state index is 0.180. The number of nitrogens with zero attached hydrogens (tertiary/aromatic N) is 1. The molecule has 3 rings (SSSR count). The molecular formula is C13H13N3O4. The molecule has 0 aromatic heterocycles. The van der Waals surface area contributed by atoms with Crippen molar-refractivity contribution in [1.29, 1.82) is 0 Å². The third-order valence-corrected chi connectivity index (χ3v) is 2.97. The summed E-state index contributed by atoms with van der Waals surface area (Å²) < 4.78 is 10.8. The number of anilines is 1. The van der Waals surface area contributed by atoms with Gasteiger partial charge in [-0.05, 0) is 12.1 Å². The van der Waals surface area contributed by atoms with E-state index in [0.29, 0.717) is 42.5 Å². The van der Waals surface area contributed by atoms with Gasteiger partial charge >= 0.3 is 0 Å². The summed E-state index contributed by atoms with van der Waals surface area (Å²) in [4.78, 5) is 22.9. The molecule has 0 unspecified atom stereocenters. The summed E-state index contributed by atoms with van der Waals surface area (Å²) in [6.45, 7) is 1.01. The zero-order chi connectivity index (χ0) is 13.9. The molecule has 1 aromatic rings. The number of nitrogens with one attached hydrogen (secondary N) is 2. The fourth-order valence-corrected chi connectivity index (χ4v) is 1.96. The van der Waals surface area contributed by atoms with Crippen LogP contribution in [0.25, 0.3) is 0 Å². The van der Waals surface area contributed by atoms with Gasteiger partial charge in [0.1, 0.15) is 18.9 Å². The summed E-state index contributed by atoms with van der Waals surface area (Å²) in [6.07, 6.45) is 0.607. The Labute approximate surface area is 114 Å². The molecule has 1 aromatic carbocycles. The molecule has 0 bridgehead atoms. The molecule has 0 fully saturated rings. The number of amides is 2. The largest absolute Gasteiger partial charge is 0.486 e. The van der Waals surface area contributed by atoms with Crippen LogP contribution in [0.1, 0.15) is 12.8 Å². The summed E-state index contributed by atoms with van der Waals surface area (Å²) in [7, 11) is 0. The lowest BCUT2D eigenvalue weighted by Gasteiger charge is -2.19. The van der Waals surface area contributed by atoms with E-state index in [0.717, 1.165) is 0 Å². The number of fused-ring (bicyclic) bond motifs is 1. The Bertz CT molecular complexity index is 597. The average molecular weight is 275 g/mol. The first kappa shape index (κ1) is 12.5. The van der Waals surface area contributed by atoms with Crippen LogP contribution in [0, 0.1) is 0 Å². The predicted molar refractivity (Wildman–Crippen MR) is 70.9 cm³/mol. The molecule has 0 saturated heterocycles. The highest BCUT2D eigenvalue weighted by atomic mass is 16.6. The number of hydrazone groups is 1. The van der Waals surface area contributed by atoms with Crippen LogP contribution in [0.4, 0.5) is 5.69 Å². The van der Waals surface area contributed by atoms with Crippen LogP contribution < -0.4 is 20.2 Å². The van der Waals surface area contributed by atoms with Crippen LogP contribution in [0.3, 0.4) is 0 Å². The highest BCUT2D eigenvalue weighted by Crippen LogP contribution is 2.32.